The van der Waals surface area contributed by atoms with Crippen molar-refractivity contribution in [2.45, 2.75) is 38.6 Å². The van der Waals surface area contributed by atoms with Gasteiger partial charge in [0.05, 0.1) is 22.7 Å². The number of nitrogens with one attached hydrogen (secondary N) is 2. The molecule has 1 atom stereocenters. The normalized spacial score (nSPS) is 12.5. The number of anilines is 1. The van der Waals surface area contributed by atoms with E-state index in [1.165, 1.54) is 29.6 Å². The van der Waals surface area contributed by atoms with Crippen molar-refractivity contribution >= 4 is 39.1 Å². The number of rotatable bonds is 10. The number of halogens is 1. The van der Waals surface area contributed by atoms with Gasteiger partial charge in [-0.15, -0.1) is 0 Å². The molecule has 2 aromatic rings. The summed E-state index contributed by atoms with van der Waals surface area (Å²) in [5, 5.41) is 5.58. The first-order valence-electron chi connectivity index (χ1n) is 10.6. The van der Waals surface area contributed by atoms with E-state index in [1.807, 2.05) is 0 Å². The molecule has 0 fully saturated rings. The van der Waals surface area contributed by atoms with Gasteiger partial charge < -0.3 is 15.4 Å². The van der Waals surface area contributed by atoms with E-state index in [1.54, 1.807) is 52.0 Å². The average molecular weight is 496 g/mol. The zero-order chi connectivity index (χ0) is 24.8. The summed E-state index contributed by atoms with van der Waals surface area (Å²) in [7, 11) is -2.20. The molecule has 2 N–H and O–H groups in total. The Hall–Kier alpha value is -2.62. The number of carbonyl (C=O) groups excluding carboxylic acids is 2. The number of benzene rings is 2. The second-order valence-electron chi connectivity index (χ2n) is 7.64. The molecule has 1 unspecified atom stereocenters. The molecule has 180 valence electrons. The van der Waals surface area contributed by atoms with E-state index in [2.05, 4.69) is 10.6 Å². The van der Waals surface area contributed by atoms with Crippen LogP contribution >= 0.6 is 11.6 Å². The van der Waals surface area contributed by atoms with Crippen molar-refractivity contribution in [1.82, 2.24) is 9.62 Å². The van der Waals surface area contributed by atoms with Crippen LogP contribution in [0, 0.1) is 5.92 Å². The van der Waals surface area contributed by atoms with Gasteiger partial charge in [-0.2, -0.15) is 4.31 Å². The SMILES string of the molecule is CCN(CC)S(=O)(=O)c1ccc(Cl)c(NC(=O)C(NC(=O)c2ccc(OC)cc2)C(C)C)c1. The minimum atomic E-state index is -3.73. The van der Waals surface area contributed by atoms with Crippen LogP contribution in [0.4, 0.5) is 5.69 Å². The van der Waals surface area contributed by atoms with Crippen LogP contribution in [0.25, 0.3) is 0 Å². The molecule has 2 aromatic carbocycles. The Bertz CT molecular complexity index is 1080. The second-order valence-corrected chi connectivity index (χ2v) is 9.99. The van der Waals surface area contributed by atoms with Gasteiger partial charge in [0.2, 0.25) is 15.9 Å². The van der Waals surface area contributed by atoms with Gasteiger partial charge in [-0.05, 0) is 48.4 Å². The summed E-state index contributed by atoms with van der Waals surface area (Å²) in [4.78, 5) is 25.7. The van der Waals surface area contributed by atoms with E-state index in [9.17, 15) is 18.0 Å². The summed E-state index contributed by atoms with van der Waals surface area (Å²) in [5.74, 6) is -0.561. The predicted octanol–water partition coefficient (Wildman–Crippen LogP) is 3.77. The Balaban J connectivity index is 2.25. The van der Waals surface area contributed by atoms with E-state index in [4.69, 9.17) is 16.3 Å². The highest BCUT2D eigenvalue weighted by Gasteiger charge is 2.27. The number of nitrogens with zero attached hydrogens (tertiary/aromatic N) is 1. The lowest BCUT2D eigenvalue weighted by molar-refractivity contribution is -0.118. The van der Waals surface area contributed by atoms with E-state index in [0.29, 0.717) is 24.4 Å². The van der Waals surface area contributed by atoms with E-state index >= 15 is 0 Å². The second kappa shape index (κ2) is 11.5. The van der Waals surface area contributed by atoms with Gasteiger partial charge in [0, 0.05) is 18.7 Å². The molecule has 0 aliphatic carbocycles. The van der Waals surface area contributed by atoms with E-state index in [0.717, 1.165) is 0 Å². The van der Waals surface area contributed by atoms with Gasteiger partial charge in [-0.1, -0.05) is 39.3 Å². The Labute approximate surface area is 200 Å². The first kappa shape index (κ1) is 26.6. The maximum absolute atomic E-state index is 13.0. The minimum absolute atomic E-state index is 0.0225. The van der Waals surface area contributed by atoms with E-state index < -0.39 is 27.9 Å². The summed E-state index contributed by atoms with van der Waals surface area (Å²) in [6.45, 7) is 7.71. The zero-order valence-electron chi connectivity index (χ0n) is 19.4. The standard InChI is InChI=1S/C23H30ClN3O5S/c1-6-27(7-2)33(30,31)18-12-13-19(24)20(14-18)25-23(29)21(15(3)4)26-22(28)16-8-10-17(32-5)11-9-16/h8-15,21H,6-7H2,1-5H3,(H,25,29)(H,26,28). The number of ether oxygens (including phenoxy) is 1. The number of amides is 2. The summed E-state index contributed by atoms with van der Waals surface area (Å²) in [6, 6.07) is 9.78. The molecule has 8 nitrogen and oxygen atoms in total. The summed E-state index contributed by atoms with van der Waals surface area (Å²) < 4.78 is 32.1. The summed E-state index contributed by atoms with van der Waals surface area (Å²) in [6.07, 6.45) is 0. The Morgan fingerprint density at radius 1 is 1.06 bits per heavy atom. The molecule has 0 saturated heterocycles. The van der Waals surface area contributed by atoms with Crippen LogP contribution in [-0.4, -0.2) is 50.8 Å². The summed E-state index contributed by atoms with van der Waals surface area (Å²) in [5.41, 5.74) is 0.527. The number of methoxy groups -OCH3 is 1. The molecule has 0 aromatic heterocycles. The Morgan fingerprint density at radius 2 is 1.67 bits per heavy atom. The lowest BCUT2D eigenvalue weighted by atomic mass is 10.0. The van der Waals surface area contributed by atoms with Gasteiger partial charge in [0.1, 0.15) is 11.8 Å². The average Bonchev–Trinajstić information content (AvgIpc) is 2.78. The van der Waals surface area contributed by atoms with Crippen LogP contribution in [0.1, 0.15) is 38.1 Å². The molecule has 0 radical (unpaired) electrons. The quantitative estimate of drug-likeness (QED) is 0.522. The molecule has 10 heteroatoms. The zero-order valence-corrected chi connectivity index (χ0v) is 21.0. The molecule has 33 heavy (non-hydrogen) atoms. The molecular formula is C23H30ClN3O5S. The largest absolute Gasteiger partial charge is 0.497 e. The maximum atomic E-state index is 13.0. The fraction of sp³-hybridized carbons (Fsp3) is 0.391. The van der Waals surface area contributed by atoms with Crippen molar-refractivity contribution in [3.8, 4) is 5.75 Å². The lowest BCUT2D eigenvalue weighted by Gasteiger charge is -2.23. The fourth-order valence-electron chi connectivity index (χ4n) is 3.19. The highest BCUT2D eigenvalue weighted by molar-refractivity contribution is 7.89. The van der Waals surface area contributed by atoms with Crippen LogP contribution in [0.15, 0.2) is 47.4 Å². The molecule has 0 aliphatic heterocycles. The molecule has 0 spiro atoms. The van der Waals surface area contributed by atoms with Crippen LogP contribution in [0.2, 0.25) is 5.02 Å². The smallest absolute Gasteiger partial charge is 0.251 e. The molecule has 2 amide bonds. The highest BCUT2D eigenvalue weighted by Crippen LogP contribution is 2.27. The minimum Gasteiger partial charge on any atom is -0.497 e. The third kappa shape index (κ3) is 6.46. The highest BCUT2D eigenvalue weighted by atomic mass is 35.5. The molecule has 0 heterocycles. The van der Waals surface area contributed by atoms with Gasteiger partial charge in [0.15, 0.2) is 0 Å². The third-order valence-corrected chi connectivity index (χ3v) is 7.50. The van der Waals surface area contributed by atoms with Gasteiger partial charge in [0.25, 0.3) is 5.91 Å². The number of hydrogen-bond acceptors (Lipinski definition) is 5. The topological polar surface area (TPSA) is 105 Å². The number of sulfonamides is 1. The van der Waals surface area contributed by atoms with Gasteiger partial charge in [-0.3, -0.25) is 9.59 Å². The van der Waals surface area contributed by atoms with Crippen molar-refractivity contribution in [3.05, 3.63) is 53.1 Å². The first-order chi connectivity index (χ1) is 15.5. The van der Waals surface area contributed by atoms with Crippen LogP contribution in [0.3, 0.4) is 0 Å². The Morgan fingerprint density at radius 3 is 2.18 bits per heavy atom. The molecular weight excluding hydrogens is 466 g/mol. The van der Waals surface area contributed by atoms with Crippen molar-refractivity contribution < 1.29 is 22.7 Å². The van der Waals surface area contributed by atoms with Crippen molar-refractivity contribution in [1.29, 1.82) is 0 Å². The van der Waals surface area contributed by atoms with Gasteiger partial charge >= 0.3 is 0 Å². The first-order valence-corrected chi connectivity index (χ1v) is 12.4. The van der Waals surface area contributed by atoms with Crippen molar-refractivity contribution in [2.24, 2.45) is 5.92 Å². The van der Waals surface area contributed by atoms with Crippen LogP contribution in [-0.2, 0) is 14.8 Å². The lowest BCUT2D eigenvalue weighted by Crippen LogP contribution is -2.47. The van der Waals surface area contributed by atoms with Crippen LogP contribution < -0.4 is 15.4 Å². The van der Waals surface area contributed by atoms with Crippen molar-refractivity contribution in [3.63, 3.8) is 0 Å². The monoisotopic (exact) mass is 495 g/mol. The third-order valence-electron chi connectivity index (χ3n) is 5.13. The van der Waals surface area contributed by atoms with Crippen LogP contribution in [0.5, 0.6) is 5.75 Å². The van der Waals surface area contributed by atoms with E-state index in [-0.39, 0.29) is 21.5 Å². The Kier molecular flexibility index (Phi) is 9.27. The number of carbonyl (C=O) groups is 2. The predicted molar refractivity (Wildman–Crippen MR) is 129 cm³/mol. The molecule has 0 bridgehead atoms. The van der Waals surface area contributed by atoms with Crippen molar-refractivity contribution in [2.75, 3.05) is 25.5 Å². The maximum Gasteiger partial charge on any atom is 0.251 e. The van der Waals surface area contributed by atoms with Gasteiger partial charge in [-0.25, -0.2) is 8.42 Å². The fourth-order valence-corrected chi connectivity index (χ4v) is 4.84. The molecule has 2 rings (SSSR count). The molecule has 0 aliphatic rings. The number of hydrogen-bond donors (Lipinski definition) is 2. The molecule has 0 saturated carbocycles. The summed E-state index contributed by atoms with van der Waals surface area (Å²) >= 11 is 6.23.